The van der Waals surface area contributed by atoms with Gasteiger partial charge in [0, 0.05) is 6.07 Å². The van der Waals surface area contributed by atoms with Crippen LogP contribution in [0.4, 0.5) is 8.78 Å². The third-order valence-electron chi connectivity index (χ3n) is 2.93. The average Bonchev–Trinajstić information content (AvgIpc) is 3.12. The molecular formula is C16H12F2N2O5S. The third kappa shape index (κ3) is 5.45. The minimum absolute atomic E-state index is 0.318. The molecule has 2 N–H and O–H groups in total. The molecule has 0 aliphatic heterocycles. The molecule has 0 unspecified atom stereocenters. The molecule has 0 fully saturated rings. The molecule has 2 rings (SSSR count). The summed E-state index contributed by atoms with van der Waals surface area (Å²) in [5.74, 6) is -5.31. The number of imide groups is 1. The van der Waals surface area contributed by atoms with E-state index in [2.05, 4.69) is 10.1 Å². The zero-order valence-electron chi connectivity index (χ0n) is 13.1. The largest absolute Gasteiger partial charge is 0.454 e. The predicted octanol–water partition coefficient (Wildman–Crippen LogP) is 1.26. The molecule has 0 atom stereocenters. The van der Waals surface area contributed by atoms with E-state index in [1.807, 2.05) is 5.32 Å². The van der Waals surface area contributed by atoms with E-state index in [1.54, 1.807) is 11.4 Å². The van der Waals surface area contributed by atoms with Gasteiger partial charge in [-0.15, -0.1) is 11.3 Å². The average molecular weight is 382 g/mol. The Morgan fingerprint density at radius 2 is 1.85 bits per heavy atom. The van der Waals surface area contributed by atoms with Crippen LogP contribution in [0, 0.1) is 11.6 Å². The molecule has 26 heavy (non-hydrogen) atoms. The molecule has 0 saturated carbocycles. The molecule has 10 heteroatoms. The number of esters is 1. The Hall–Kier alpha value is -3.14. The van der Waals surface area contributed by atoms with Crippen molar-refractivity contribution in [2.24, 2.45) is 0 Å². The number of nitrogens with one attached hydrogen (secondary N) is 2. The minimum atomic E-state index is -1.08. The van der Waals surface area contributed by atoms with Crippen LogP contribution in [0.15, 0.2) is 35.7 Å². The van der Waals surface area contributed by atoms with Gasteiger partial charge in [0.25, 0.3) is 17.7 Å². The summed E-state index contributed by atoms with van der Waals surface area (Å²) in [5, 5.41) is 5.76. The van der Waals surface area contributed by atoms with Gasteiger partial charge in [-0.25, -0.2) is 8.78 Å². The number of halogens is 2. The lowest BCUT2D eigenvalue weighted by Gasteiger charge is -2.07. The standard InChI is InChI=1S/C16H12F2N2O5S/c17-9-3-4-10(11(18)6-9)15(23)19-7-14(22)25-8-13(21)20-16(24)12-2-1-5-26-12/h1-6H,7-8H2,(H,19,23)(H,20,21,24). The van der Waals surface area contributed by atoms with E-state index in [0.717, 1.165) is 23.5 Å². The van der Waals surface area contributed by atoms with Crippen LogP contribution >= 0.6 is 11.3 Å². The molecule has 1 aromatic carbocycles. The molecule has 3 amide bonds. The maximum absolute atomic E-state index is 13.4. The second kappa shape index (κ2) is 8.81. The molecule has 0 saturated heterocycles. The SMILES string of the molecule is O=C(COC(=O)CNC(=O)c1ccc(F)cc1F)NC(=O)c1cccs1. The molecule has 1 heterocycles. The van der Waals surface area contributed by atoms with E-state index in [1.165, 1.54) is 6.07 Å². The van der Waals surface area contributed by atoms with Crippen molar-refractivity contribution in [1.82, 2.24) is 10.6 Å². The van der Waals surface area contributed by atoms with Crippen LogP contribution in [-0.4, -0.2) is 36.8 Å². The van der Waals surface area contributed by atoms with Crippen molar-refractivity contribution in [3.05, 3.63) is 57.8 Å². The van der Waals surface area contributed by atoms with Crippen molar-refractivity contribution < 1.29 is 32.7 Å². The second-order valence-electron chi connectivity index (χ2n) is 4.82. The van der Waals surface area contributed by atoms with Crippen LogP contribution in [0.25, 0.3) is 0 Å². The molecule has 1 aromatic heterocycles. The fraction of sp³-hybridized carbons (Fsp3) is 0.125. The quantitative estimate of drug-likeness (QED) is 0.733. The van der Waals surface area contributed by atoms with Crippen molar-refractivity contribution in [1.29, 1.82) is 0 Å². The molecule has 2 aromatic rings. The van der Waals surface area contributed by atoms with Gasteiger partial charge in [0.2, 0.25) is 0 Å². The summed E-state index contributed by atoms with van der Waals surface area (Å²) in [5.41, 5.74) is -0.446. The van der Waals surface area contributed by atoms with E-state index in [0.29, 0.717) is 10.9 Å². The van der Waals surface area contributed by atoms with Gasteiger partial charge >= 0.3 is 5.97 Å². The van der Waals surface area contributed by atoms with Crippen molar-refractivity contribution in [2.45, 2.75) is 0 Å². The van der Waals surface area contributed by atoms with Gasteiger partial charge in [0.1, 0.15) is 18.2 Å². The summed E-state index contributed by atoms with van der Waals surface area (Å²) in [6.45, 7) is -1.36. The Bertz CT molecular complexity index is 839. The van der Waals surface area contributed by atoms with Crippen LogP contribution in [0.3, 0.4) is 0 Å². The Balaban J connectivity index is 1.74. The highest BCUT2D eigenvalue weighted by atomic mass is 32.1. The summed E-state index contributed by atoms with van der Waals surface area (Å²) >= 11 is 1.14. The summed E-state index contributed by atoms with van der Waals surface area (Å²) in [6.07, 6.45) is 0. The number of carbonyl (C=O) groups is 4. The van der Waals surface area contributed by atoms with Gasteiger partial charge in [-0.3, -0.25) is 24.5 Å². The number of amides is 3. The fourth-order valence-corrected chi connectivity index (χ4v) is 2.37. The monoisotopic (exact) mass is 382 g/mol. The van der Waals surface area contributed by atoms with Crippen LogP contribution in [-0.2, 0) is 14.3 Å². The summed E-state index contributed by atoms with van der Waals surface area (Å²) in [7, 11) is 0. The number of thiophene rings is 1. The Kier molecular flexibility index (Phi) is 6.50. The zero-order chi connectivity index (χ0) is 19.1. The van der Waals surface area contributed by atoms with Gasteiger partial charge in [-0.2, -0.15) is 0 Å². The second-order valence-corrected chi connectivity index (χ2v) is 5.77. The third-order valence-corrected chi connectivity index (χ3v) is 3.80. The minimum Gasteiger partial charge on any atom is -0.454 e. The van der Waals surface area contributed by atoms with Gasteiger partial charge in [-0.05, 0) is 23.6 Å². The van der Waals surface area contributed by atoms with Crippen LogP contribution in [0.2, 0.25) is 0 Å². The van der Waals surface area contributed by atoms with Crippen molar-refractivity contribution in [3.8, 4) is 0 Å². The number of hydrogen-bond donors (Lipinski definition) is 2. The molecular weight excluding hydrogens is 370 g/mol. The molecule has 136 valence electrons. The first-order chi connectivity index (χ1) is 12.4. The van der Waals surface area contributed by atoms with Gasteiger partial charge in [-0.1, -0.05) is 6.07 Å². The number of rotatable bonds is 6. The molecule has 0 bridgehead atoms. The Morgan fingerprint density at radius 1 is 1.08 bits per heavy atom. The predicted molar refractivity (Wildman–Crippen MR) is 86.4 cm³/mol. The van der Waals surface area contributed by atoms with Gasteiger partial charge < -0.3 is 10.1 Å². The van der Waals surface area contributed by atoms with Crippen LogP contribution < -0.4 is 10.6 Å². The van der Waals surface area contributed by atoms with Gasteiger partial charge in [0.15, 0.2) is 6.61 Å². The molecule has 0 spiro atoms. The molecule has 0 aliphatic carbocycles. The fourth-order valence-electron chi connectivity index (χ4n) is 1.75. The first kappa shape index (κ1) is 19.2. The number of ether oxygens (including phenoxy) is 1. The normalized spacial score (nSPS) is 10.1. The maximum Gasteiger partial charge on any atom is 0.325 e. The zero-order valence-corrected chi connectivity index (χ0v) is 13.9. The first-order valence-corrected chi connectivity index (χ1v) is 8.01. The number of benzene rings is 1. The van der Waals surface area contributed by atoms with Crippen molar-refractivity contribution >= 4 is 35.0 Å². The van der Waals surface area contributed by atoms with E-state index < -0.39 is 54.0 Å². The first-order valence-electron chi connectivity index (χ1n) is 7.13. The topological polar surface area (TPSA) is 102 Å². The Morgan fingerprint density at radius 3 is 2.50 bits per heavy atom. The van der Waals surface area contributed by atoms with E-state index in [-0.39, 0.29) is 0 Å². The lowest BCUT2D eigenvalue weighted by atomic mass is 10.2. The highest BCUT2D eigenvalue weighted by Crippen LogP contribution is 2.09. The summed E-state index contributed by atoms with van der Waals surface area (Å²) in [6, 6.07) is 5.50. The smallest absolute Gasteiger partial charge is 0.325 e. The van der Waals surface area contributed by atoms with Crippen LogP contribution in [0.1, 0.15) is 20.0 Å². The summed E-state index contributed by atoms with van der Waals surface area (Å²) < 4.78 is 30.8. The van der Waals surface area contributed by atoms with E-state index >= 15 is 0 Å². The molecule has 0 aliphatic rings. The highest BCUT2D eigenvalue weighted by Gasteiger charge is 2.16. The Labute approximate surface area is 150 Å². The van der Waals surface area contributed by atoms with Crippen molar-refractivity contribution in [2.75, 3.05) is 13.2 Å². The number of carbonyl (C=O) groups excluding carboxylic acids is 4. The lowest BCUT2D eigenvalue weighted by Crippen LogP contribution is -2.36. The summed E-state index contributed by atoms with van der Waals surface area (Å²) in [4.78, 5) is 46.6. The molecule has 7 nitrogen and oxygen atoms in total. The van der Waals surface area contributed by atoms with Crippen molar-refractivity contribution in [3.63, 3.8) is 0 Å². The van der Waals surface area contributed by atoms with E-state index in [9.17, 15) is 28.0 Å². The highest BCUT2D eigenvalue weighted by molar-refractivity contribution is 7.12. The van der Waals surface area contributed by atoms with Crippen LogP contribution in [0.5, 0.6) is 0 Å². The van der Waals surface area contributed by atoms with Gasteiger partial charge in [0.05, 0.1) is 10.4 Å². The van der Waals surface area contributed by atoms with E-state index in [4.69, 9.17) is 0 Å². The number of hydrogen-bond acceptors (Lipinski definition) is 6. The lowest BCUT2D eigenvalue weighted by molar-refractivity contribution is -0.147. The maximum atomic E-state index is 13.4. The molecule has 0 radical (unpaired) electrons.